The molecule has 1 N–H and O–H groups in total. The van der Waals surface area contributed by atoms with Crippen LogP contribution < -0.4 is 5.32 Å². The first-order valence-electron chi connectivity index (χ1n) is 7.93. The summed E-state index contributed by atoms with van der Waals surface area (Å²) in [5.41, 5.74) is 0. The zero-order chi connectivity index (χ0) is 13.7. The van der Waals surface area contributed by atoms with Crippen LogP contribution in [0.25, 0.3) is 0 Å². The number of piperazine rings is 1. The van der Waals surface area contributed by atoms with Crippen molar-refractivity contribution in [2.24, 2.45) is 17.8 Å². The predicted molar refractivity (Wildman–Crippen MR) is 80.9 cm³/mol. The Morgan fingerprint density at radius 2 is 1.83 bits per heavy atom. The van der Waals surface area contributed by atoms with Crippen LogP contribution >= 0.6 is 0 Å². The van der Waals surface area contributed by atoms with Crippen LogP contribution in [0, 0.1) is 17.8 Å². The summed E-state index contributed by atoms with van der Waals surface area (Å²) in [4.78, 5) is 2.76. The molecule has 18 heavy (non-hydrogen) atoms. The first-order valence-corrected chi connectivity index (χ1v) is 7.93. The van der Waals surface area contributed by atoms with E-state index in [-0.39, 0.29) is 0 Å². The van der Waals surface area contributed by atoms with E-state index in [0.717, 1.165) is 23.8 Å². The summed E-state index contributed by atoms with van der Waals surface area (Å²) < 4.78 is 0. The van der Waals surface area contributed by atoms with Gasteiger partial charge in [-0.05, 0) is 30.7 Å². The van der Waals surface area contributed by atoms with E-state index in [4.69, 9.17) is 0 Å². The molecule has 0 amide bonds. The van der Waals surface area contributed by atoms with Crippen molar-refractivity contribution in [2.75, 3.05) is 19.6 Å². The molecule has 2 nitrogen and oxygen atoms in total. The Labute approximate surface area is 115 Å². The van der Waals surface area contributed by atoms with Crippen LogP contribution in [0.3, 0.4) is 0 Å². The Morgan fingerprint density at radius 1 is 1.17 bits per heavy atom. The molecule has 2 heteroatoms. The molecule has 0 radical (unpaired) electrons. The third-order valence-electron chi connectivity index (χ3n) is 4.59. The minimum Gasteiger partial charge on any atom is -0.311 e. The summed E-state index contributed by atoms with van der Waals surface area (Å²) in [5.74, 6) is 2.36. The number of hydrogen-bond donors (Lipinski definition) is 1. The quantitative estimate of drug-likeness (QED) is 0.782. The monoisotopic (exact) mass is 254 g/mol. The van der Waals surface area contributed by atoms with Gasteiger partial charge in [-0.25, -0.2) is 0 Å². The molecule has 1 rings (SSSR count). The van der Waals surface area contributed by atoms with E-state index in [2.05, 4.69) is 51.8 Å². The summed E-state index contributed by atoms with van der Waals surface area (Å²) in [6, 6.07) is 1.42. The maximum Gasteiger partial charge on any atom is 0.0246 e. The van der Waals surface area contributed by atoms with Crippen molar-refractivity contribution in [2.45, 2.75) is 66.5 Å². The van der Waals surface area contributed by atoms with Gasteiger partial charge in [0.15, 0.2) is 0 Å². The van der Waals surface area contributed by atoms with E-state index >= 15 is 0 Å². The molecule has 0 spiro atoms. The average Bonchev–Trinajstić information content (AvgIpc) is 2.34. The highest BCUT2D eigenvalue weighted by Gasteiger charge is 2.31. The van der Waals surface area contributed by atoms with Crippen LogP contribution in [-0.4, -0.2) is 36.6 Å². The van der Waals surface area contributed by atoms with Gasteiger partial charge in [-0.3, -0.25) is 4.90 Å². The van der Waals surface area contributed by atoms with E-state index in [0.29, 0.717) is 6.04 Å². The fourth-order valence-corrected chi connectivity index (χ4v) is 2.81. The van der Waals surface area contributed by atoms with Crippen molar-refractivity contribution < 1.29 is 0 Å². The van der Waals surface area contributed by atoms with Crippen molar-refractivity contribution in [3.8, 4) is 0 Å². The SMILES string of the molecule is CCC(C)C1CNC(C(C)C)CN1CCC(C)C. The van der Waals surface area contributed by atoms with Gasteiger partial charge in [-0.1, -0.05) is 48.0 Å². The summed E-state index contributed by atoms with van der Waals surface area (Å²) in [7, 11) is 0. The Balaban J connectivity index is 2.60. The van der Waals surface area contributed by atoms with Crippen LogP contribution in [0.4, 0.5) is 0 Å². The van der Waals surface area contributed by atoms with Gasteiger partial charge in [0.2, 0.25) is 0 Å². The molecule has 0 saturated carbocycles. The minimum atomic E-state index is 0.678. The molecular weight excluding hydrogens is 220 g/mol. The van der Waals surface area contributed by atoms with E-state index < -0.39 is 0 Å². The number of hydrogen-bond acceptors (Lipinski definition) is 2. The van der Waals surface area contributed by atoms with Gasteiger partial charge in [0.1, 0.15) is 0 Å². The molecule has 3 unspecified atom stereocenters. The fourth-order valence-electron chi connectivity index (χ4n) is 2.81. The van der Waals surface area contributed by atoms with E-state index in [1.54, 1.807) is 0 Å². The van der Waals surface area contributed by atoms with Gasteiger partial charge < -0.3 is 5.32 Å². The molecular formula is C16H34N2. The first-order chi connectivity index (χ1) is 8.45. The van der Waals surface area contributed by atoms with Crippen LogP contribution in [0.2, 0.25) is 0 Å². The molecule has 1 heterocycles. The molecule has 0 aromatic carbocycles. The Hall–Kier alpha value is -0.0800. The maximum absolute atomic E-state index is 3.76. The number of rotatable bonds is 6. The van der Waals surface area contributed by atoms with E-state index in [1.807, 2.05) is 0 Å². The second-order valence-corrected chi connectivity index (χ2v) is 6.89. The highest BCUT2D eigenvalue weighted by Crippen LogP contribution is 2.21. The molecule has 0 aromatic rings. The van der Waals surface area contributed by atoms with Crippen LogP contribution in [-0.2, 0) is 0 Å². The molecule has 108 valence electrons. The van der Waals surface area contributed by atoms with Gasteiger partial charge in [0, 0.05) is 25.2 Å². The Bertz CT molecular complexity index is 225. The first kappa shape index (κ1) is 16.0. The summed E-state index contributed by atoms with van der Waals surface area (Å²) in [5, 5.41) is 3.76. The summed E-state index contributed by atoms with van der Waals surface area (Å²) in [6.45, 7) is 17.8. The highest BCUT2D eigenvalue weighted by molar-refractivity contribution is 4.89. The molecule has 1 fully saturated rings. The van der Waals surface area contributed by atoms with Gasteiger partial charge in [-0.15, -0.1) is 0 Å². The van der Waals surface area contributed by atoms with Gasteiger partial charge in [-0.2, -0.15) is 0 Å². The molecule has 3 atom stereocenters. The number of nitrogens with one attached hydrogen (secondary N) is 1. The van der Waals surface area contributed by atoms with Crippen molar-refractivity contribution in [1.82, 2.24) is 10.2 Å². The van der Waals surface area contributed by atoms with Crippen molar-refractivity contribution in [3.05, 3.63) is 0 Å². The lowest BCUT2D eigenvalue weighted by molar-refractivity contribution is 0.0748. The highest BCUT2D eigenvalue weighted by atomic mass is 15.2. The molecule has 1 saturated heterocycles. The van der Waals surface area contributed by atoms with Crippen LogP contribution in [0.15, 0.2) is 0 Å². The van der Waals surface area contributed by atoms with Crippen molar-refractivity contribution >= 4 is 0 Å². The molecule has 1 aliphatic heterocycles. The smallest absolute Gasteiger partial charge is 0.0246 e. The second-order valence-electron chi connectivity index (χ2n) is 6.89. The van der Waals surface area contributed by atoms with Crippen LogP contribution in [0.1, 0.15) is 54.4 Å². The Morgan fingerprint density at radius 3 is 2.33 bits per heavy atom. The van der Waals surface area contributed by atoms with Gasteiger partial charge in [0.05, 0.1) is 0 Å². The lowest BCUT2D eigenvalue weighted by Gasteiger charge is -2.44. The lowest BCUT2D eigenvalue weighted by atomic mass is 9.91. The van der Waals surface area contributed by atoms with E-state index in [1.165, 1.54) is 32.5 Å². The maximum atomic E-state index is 3.76. The van der Waals surface area contributed by atoms with Crippen LogP contribution in [0.5, 0.6) is 0 Å². The van der Waals surface area contributed by atoms with Gasteiger partial charge in [0.25, 0.3) is 0 Å². The standard InChI is InChI=1S/C16H34N2/c1-7-14(6)16-10-17-15(13(4)5)11-18(16)9-8-12(2)3/h12-17H,7-11H2,1-6H3. The molecule has 0 bridgehead atoms. The minimum absolute atomic E-state index is 0.678. The summed E-state index contributed by atoms with van der Waals surface area (Å²) in [6.07, 6.45) is 2.62. The zero-order valence-corrected chi connectivity index (χ0v) is 13.4. The van der Waals surface area contributed by atoms with Gasteiger partial charge >= 0.3 is 0 Å². The number of nitrogens with zero attached hydrogens (tertiary/aromatic N) is 1. The lowest BCUT2D eigenvalue weighted by Crippen LogP contribution is -2.60. The average molecular weight is 254 g/mol. The molecule has 1 aliphatic rings. The Kier molecular flexibility index (Phi) is 6.65. The third-order valence-corrected chi connectivity index (χ3v) is 4.59. The third kappa shape index (κ3) is 4.55. The van der Waals surface area contributed by atoms with Crippen molar-refractivity contribution in [3.63, 3.8) is 0 Å². The second kappa shape index (κ2) is 7.49. The predicted octanol–water partition coefficient (Wildman–Crippen LogP) is 3.38. The normalized spacial score (nSPS) is 28.0. The molecule has 0 aliphatic carbocycles. The molecule has 0 aromatic heterocycles. The topological polar surface area (TPSA) is 15.3 Å². The zero-order valence-electron chi connectivity index (χ0n) is 13.4. The fraction of sp³-hybridized carbons (Fsp3) is 1.00. The largest absolute Gasteiger partial charge is 0.311 e. The van der Waals surface area contributed by atoms with Crippen molar-refractivity contribution in [1.29, 1.82) is 0 Å². The van der Waals surface area contributed by atoms with E-state index in [9.17, 15) is 0 Å². The summed E-state index contributed by atoms with van der Waals surface area (Å²) >= 11 is 0.